The van der Waals surface area contributed by atoms with E-state index in [0.717, 1.165) is 12.2 Å². The highest BCUT2D eigenvalue weighted by Gasteiger charge is 2.17. The van der Waals surface area contributed by atoms with Crippen LogP contribution in [0, 0.1) is 0 Å². The van der Waals surface area contributed by atoms with E-state index < -0.39 is 0 Å². The number of nitrogens with two attached hydrogens (primary N) is 1. The molecule has 0 aliphatic carbocycles. The van der Waals surface area contributed by atoms with E-state index in [9.17, 15) is 4.79 Å². The molecular formula is C12H16N4OS. The number of hydrogen-bond donors (Lipinski definition) is 1. The zero-order valence-electron chi connectivity index (χ0n) is 10.5. The fraction of sp³-hybridized carbons (Fsp3) is 0.333. The van der Waals surface area contributed by atoms with E-state index in [0.29, 0.717) is 17.9 Å². The van der Waals surface area contributed by atoms with E-state index >= 15 is 0 Å². The minimum Gasteiger partial charge on any atom is -0.397 e. The third kappa shape index (κ3) is 2.53. The van der Waals surface area contributed by atoms with Crippen LogP contribution in [-0.2, 0) is 13.1 Å². The van der Waals surface area contributed by atoms with Crippen molar-refractivity contribution in [3.05, 3.63) is 34.5 Å². The van der Waals surface area contributed by atoms with E-state index in [1.807, 2.05) is 16.9 Å². The molecule has 0 aliphatic rings. The molecule has 5 nitrogen and oxygen atoms in total. The van der Waals surface area contributed by atoms with Gasteiger partial charge in [0.1, 0.15) is 5.69 Å². The number of carbonyl (C=O) groups is 1. The van der Waals surface area contributed by atoms with Crippen molar-refractivity contribution in [2.24, 2.45) is 0 Å². The number of aryl methyl sites for hydroxylation is 1. The molecule has 0 unspecified atom stereocenters. The normalized spacial score (nSPS) is 10.6. The molecule has 2 N–H and O–H groups in total. The summed E-state index contributed by atoms with van der Waals surface area (Å²) < 4.78 is 1.86. The van der Waals surface area contributed by atoms with Crippen molar-refractivity contribution in [1.29, 1.82) is 0 Å². The zero-order valence-corrected chi connectivity index (χ0v) is 11.3. The van der Waals surface area contributed by atoms with Gasteiger partial charge in [0, 0.05) is 25.2 Å². The van der Waals surface area contributed by atoms with Gasteiger partial charge in [0.05, 0.1) is 23.4 Å². The molecule has 2 heterocycles. The fourth-order valence-corrected chi connectivity index (χ4v) is 2.35. The number of hydrogen-bond acceptors (Lipinski definition) is 4. The van der Waals surface area contributed by atoms with Crippen molar-refractivity contribution >= 4 is 22.9 Å². The fourth-order valence-electron chi connectivity index (χ4n) is 1.80. The minimum atomic E-state index is -0.0402. The highest BCUT2D eigenvalue weighted by Crippen LogP contribution is 2.14. The molecule has 6 heteroatoms. The van der Waals surface area contributed by atoms with Crippen LogP contribution in [0.4, 0.5) is 5.69 Å². The molecule has 0 saturated carbocycles. The van der Waals surface area contributed by atoms with Crippen LogP contribution >= 0.6 is 11.3 Å². The molecule has 0 saturated heterocycles. The van der Waals surface area contributed by atoms with Crippen LogP contribution in [0.25, 0.3) is 0 Å². The first-order valence-corrected chi connectivity index (χ1v) is 6.64. The second kappa shape index (κ2) is 5.22. The summed E-state index contributed by atoms with van der Waals surface area (Å²) in [5, 5.41) is 1.94. The summed E-state index contributed by atoms with van der Waals surface area (Å²) in [4.78, 5) is 18.1. The predicted molar refractivity (Wildman–Crippen MR) is 72.4 cm³/mol. The lowest BCUT2D eigenvalue weighted by molar-refractivity contribution is 0.0773. The summed E-state index contributed by atoms with van der Waals surface area (Å²) in [7, 11) is 1.77. The Hall–Kier alpha value is -1.82. The first-order valence-electron chi connectivity index (χ1n) is 5.70. The average Bonchev–Trinajstić information content (AvgIpc) is 2.97. The number of nitrogens with zero attached hydrogens (tertiary/aromatic N) is 3. The van der Waals surface area contributed by atoms with E-state index in [1.54, 1.807) is 29.7 Å². The summed E-state index contributed by atoms with van der Waals surface area (Å²) in [5.74, 6) is -0.0402. The van der Waals surface area contributed by atoms with Gasteiger partial charge in [-0.1, -0.05) is 0 Å². The smallest absolute Gasteiger partial charge is 0.270 e. The lowest BCUT2D eigenvalue weighted by Crippen LogP contribution is -2.28. The van der Waals surface area contributed by atoms with Crippen molar-refractivity contribution in [2.45, 2.75) is 20.0 Å². The van der Waals surface area contributed by atoms with Gasteiger partial charge in [-0.05, 0) is 13.0 Å². The highest BCUT2D eigenvalue weighted by molar-refractivity contribution is 7.07. The SMILES string of the molecule is CCn1cc(N)cc1C(=O)N(C)Cc1cscn1. The summed E-state index contributed by atoms with van der Waals surface area (Å²) >= 11 is 1.53. The molecule has 0 aliphatic heterocycles. The molecule has 0 fully saturated rings. The number of carbonyl (C=O) groups excluding carboxylic acids is 1. The van der Waals surface area contributed by atoms with Gasteiger partial charge < -0.3 is 15.2 Å². The van der Waals surface area contributed by atoms with Gasteiger partial charge in [-0.15, -0.1) is 11.3 Å². The Balaban J connectivity index is 2.15. The number of nitrogen functional groups attached to an aromatic ring is 1. The molecule has 2 aromatic heterocycles. The maximum Gasteiger partial charge on any atom is 0.270 e. The van der Waals surface area contributed by atoms with Crippen LogP contribution in [0.2, 0.25) is 0 Å². The number of thiazole rings is 1. The van der Waals surface area contributed by atoms with Crippen molar-refractivity contribution in [3.8, 4) is 0 Å². The van der Waals surface area contributed by atoms with Gasteiger partial charge in [-0.3, -0.25) is 4.79 Å². The molecule has 0 bridgehead atoms. The van der Waals surface area contributed by atoms with Crippen LogP contribution < -0.4 is 5.73 Å². The Bertz CT molecular complexity index is 532. The molecule has 1 amide bonds. The maximum absolute atomic E-state index is 12.3. The summed E-state index contributed by atoms with van der Waals surface area (Å²) in [6, 6.07) is 1.71. The molecule has 2 rings (SSSR count). The molecule has 0 atom stereocenters. The Labute approximate surface area is 110 Å². The molecule has 18 heavy (non-hydrogen) atoms. The quantitative estimate of drug-likeness (QED) is 0.916. The van der Waals surface area contributed by atoms with E-state index in [-0.39, 0.29) is 5.91 Å². The third-order valence-corrected chi connectivity index (χ3v) is 3.34. The molecule has 0 radical (unpaired) electrons. The summed E-state index contributed by atoms with van der Waals surface area (Å²) in [5.41, 5.74) is 9.62. The maximum atomic E-state index is 12.3. The summed E-state index contributed by atoms with van der Waals surface area (Å²) in [6.45, 7) is 3.22. The second-order valence-corrected chi connectivity index (χ2v) is 4.80. The van der Waals surface area contributed by atoms with Crippen molar-refractivity contribution in [2.75, 3.05) is 12.8 Å². The lowest BCUT2D eigenvalue weighted by atomic mass is 10.3. The van der Waals surface area contributed by atoms with E-state index in [1.165, 1.54) is 11.3 Å². The van der Waals surface area contributed by atoms with Crippen molar-refractivity contribution in [1.82, 2.24) is 14.5 Å². The van der Waals surface area contributed by atoms with Crippen LogP contribution in [0.3, 0.4) is 0 Å². The first-order chi connectivity index (χ1) is 8.61. The molecule has 0 aromatic carbocycles. The van der Waals surface area contributed by atoms with Crippen LogP contribution in [0.5, 0.6) is 0 Å². The molecular weight excluding hydrogens is 248 g/mol. The van der Waals surface area contributed by atoms with Gasteiger partial charge >= 0.3 is 0 Å². The third-order valence-electron chi connectivity index (χ3n) is 2.71. The van der Waals surface area contributed by atoms with Crippen molar-refractivity contribution < 1.29 is 4.79 Å². The van der Waals surface area contributed by atoms with Crippen LogP contribution in [0.1, 0.15) is 23.1 Å². The Morgan fingerprint density at radius 1 is 1.61 bits per heavy atom. The number of amides is 1. The van der Waals surface area contributed by atoms with Gasteiger partial charge in [-0.25, -0.2) is 4.98 Å². The topological polar surface area (TPSA) is 64.2 Å². The molecule has 2 aromatic rings. The Kier molecular flexibility index (Phi) is 3.66. The van der Waals surface area contributed by atoms with Crippen molar-refractivity contribution in [3.63, 3.8) is 0 Å². The number of rotatable bonds is 4. The summed E-state index contributed by atoms with van der Waals surface area (Å²) in [6.07, 6.45) is 1.78. The number of aromatic nitrogens is 2. The largest absolute Gasteiger partial charge is 0.397 e. The predicted octanol–water partition coefficient (Wildman–Crippen LogP) is 1.82. The molecule has 96 valence electrons. The standard InChI is InChI=1S/C12H16N4OS/c1-3-16-5-9(13)4-11(16)12(17)15(2)6-10-7-18-8-14-10/h4-5,7-8H,3,6,13H2,1-2H3. The van der Waals surface area contributed by atoms with E-state index in [4.69, 9.17) is 5.73 Å². The Morgan fingerprint density at radius 3 is 3.00 bits per heavy atom. The second-order valence-electron chi connectivity index (χ2n) is 4.09. The zero-order chi connectivity index (χ0) is 13.1. The number of anilines is 1. The minimum absolute atomic E-state index is 0.0402. The van der Waals surface area contributed by atoms with Gasteiger partial charge in [0.15, 0.2) is 0 Å². The highest BCUT2D eigenvalue weighted by atomic mass is 32.1. The lowest BCUT2D eigenvalue weighted by Gasteiger charge is -2.16. The van der Waals surface area contributed by atoms with E-state index in [2.05, 4.69) is 4.98 Å². The Morgan fingerprint density at radius 2 is 2.39 bits per heavy atom. The average molecular weight is 264 g/mol. The van der Waals surface area contributed by atoms with Crippen LogP contribution in [-0.4, -0.2) is 27.4 Å². The van der Waals surface area contributed by atoms with Crippen LogP contribution in [0.15, 0.2) is 23.2 Å². The monoisotopic (exact) mass is 264 g/mol. The van der Waals surface area contributed by atoms with Gasteiger partial charge in [0.2, 0.25) is 0 Å². The van der Waals surface area contributed by atoms with Gasteiger partial charge in [0.25, 0.3) is 5.91 Å². The molecule has 0 spiro atoms. The first kappa shape index (κ1) is 12.6. The van der Waals surface area contributed by atoms with Gasteiger partial charge in [-0.2, -0.15) is 0 Å².